The van der Waals surface area contributed by atoms with E-state index in [0.717, 1.165) is 16.5 Å². The van der Waals surface area contributed by atoms with E-state index in [1.165, 1.54) is 0 Å². The monoisotopic (exact) mass is 300 g/mol. The van der Waals surface area contributed by atoms with Crippen molar-refractivity contribution < 1.29 is 14.3 Å². The van der Waals surface area contributed by atoms with E-state index in [0.29, 0.717) is 17.9 Å². The van der Waals surface area contributed by atoms with Gasteiger partial charge in [-0.05, 0) is 30.5 Å². The van der Waals surface area contributed by atoms with E-state index in [1.807, 2.05) is 43.3 Å². The Morgan fingerprint density at radius 2 is 2.00 bits per heavy atom. The Morgan fingerprint density at radius 3 is 2.64 bits per heavy atom. The first-order chi connectivity index (χ1) is 10.6. The predicted molar refractivity (Wildman–Crippen MR) is 88.3 cm³/mol. The number of esters is 1. The lowest BCUT2D eigenvalue weighted by Crippen LogP contribution is -2.08. The summed E-state index contributed by atoms with van der Waals surface area (Å²) in [4.78, 5) is 18.4. The molecular formula is C17H20N2O3. The minimum absolute atomic E-state index is 0.325. The molecule has 0 aliphatic rings. The van der Waals surface area contributed by atoms with Gasteiger partial charge in [-0.25, -0.2) is 9.79 Å². The number of nitrogens with zero attached hydrogens (tertiary/aromatic N) is 2. The zero-order chi connectivity index (χ0) is 16.1. The highest BCUT2D eigenvalue weighted by Crippen LogP contribution is 2.33. The number of carbonyl (C=O) groups excluding carboxylic acids is 1. The zero-order valence-corrected chi connectivity index (χ0v) is 13.3. The summed E-state index contributed by atoms with van der Waals surface area (Å²) >= 11 is 0. The van der Waals surface area contributed by atoms with Gasteiger partial charge >= 0.3 is 5.97 Å². The number of carbonyl (C=O) groups is 1. The number of methoxy groups -OCH3 is 1. The molecule has 0 amide bonds. The number of fused-ring (bicyclic) bond motifs is 1. The lowest BCUT2D eigenvalue weighted by Gasteiger charge is -2.11. The second-order valence-electron chi connectivity index (χ2n) is 4.98. The number of hydrogen-bond acceptors (Lipinski definition) is 4. The Hall–Kier alpha value is -2.56. The molecule has 5 nitrogen and oxygen atoms in total. The SMILES string of the molecule is CCOC(=O)c1ccc2ccc(OC)cc2c1N=CN(C)C. The van der Waals surface area contributed by atoms with Gasteiger partial charge in [0.25, 0.3) is 0 Å². The normalized spacial score (nSPS) is 10.9. The molecule has 22 heavy (non-hydrogen) atoms. The molecule has 0 bridgehead atoms. The Kier molecular flexibility index (Phi) is 4.99. The smallest absolute Gasteiger partial charge is 0.340 e. The third kappa shape index (κ3) is 3.36. The summed E-state index contributed by atoms with van der Waals surface area (Å²) in [6, 6.07) is 9.33. The fraction of sp³-hybridized carbons (Fsp3) is 0.294. The largest absolute Gasteiger partial charge is 0.497 e. The molecular weight excluding hydrogens is 280 g/mol. The lowest BCUT2D eigenvalue weighted by molar-refractivity contribution is 0.0527. The maximum Gasteiger partial charge on any atom is 0.340 e. The average Bonchev–Trinajstić information content (AvgIpc) is 2.51. The van der Waals surface area contributed by atoms with Crippen LogP contribution in [0, 0.1) is 0 Å². The first kappa shape index (κ1) is 15.8. The highest BCUT2D eigenvalue weighted by atomic mass is 16.5. The minimum Gasteiger partial charge on any atom is -0.497 e. The van der Waals surface area contributed by atoms with Gasteiger partial charge in [-0.1, -0.05) is 12.1 Å². The van der Waals surface area contributed by atoms with Gasteiger partial charge in [0.15, 0.2) is 0 Å². The molecule has 0 aliphatic carbocycles. The van der Waals surface area contributed by atoms with E-state index >= 15 is 0 Å². The molecule has 0 fully saturated rings. The maximum absolute atomic E-state index is 12.2. The average molecular weight is 300 g/mol. The Bertz CT molecular complexity index is 708. The zero-order valence-electron chi connectivity index (χ0n) is 13.3. The van der Waals surface area contributed by atoms with Crippen molar-refractivity contribution in [3.05, 3.63) is 35.9 Å². The molecule has 0 saturated carbocycles. The number of ether oxygens (including phenoxy) is 2. The molecule has 0 N–H and O–H groups in total. The number of benzene rings is 2. The molecule has 2 rings (SSSR count). The summed E-state index contributed by atoms with van der Waals surface area (Å²) in [7, 11) is 5.36. The van der Waals surface area contributed by atoms with Crippen LogP contribution in [0.1, 0.15) is 17.3 Å². The molecule has 0 saturated heterocycles. The molecule has 0 unspecified atom stereocenters. The standard InChI is InChI=1S/C17H20N2O3/c1-5-22-17(20)14-9-7-12-6-8-13(21-4)10-15(12)16(14)18-11-19(2)3/h6-11H,5H2,1-4H3. The van der Waals surface area contributed by atoms with Crippen LogP contribution in [0.15, 0.2) is 35.3 Å². The first-order valence-electron chi connectivity index (χ1n) is 7.05. The summed E-state index contributed by atoms with van der Waals surface area (Å²) in [5.41, 5.74) is 1.03. The van der Waals surface area contributed by atoms with Gasteiger partial charge in [0.1, 0.15) is 5.75 Å². The van der Waals surface area contributed by atoms with Gasteiger partial charge in [-0.2, -0.15) is 0 Å². The summed E-state index contributed by atoms with van der Waals surface area (Å²) in [5.74, 6) is 0.341. The number of hydrogen-bond donors (Lipinski definition) is 0. The Labute approximate surface area is 130 Å². The fourth-order valence-electron chi connectivity index (χ4n) is 2.10. The summed E-state index contributed by atoms with van der Waals surface area (Å²) in [6.07, 6.45) is 1.66. The third-order valence-corrected chi connectivity index (χ3v) is 3.11. The molecule has 5 heteroatoms. The van der Waals surface area contributed by atoms with Gasteiger partial charge in [0, 0.05) is 19.5 Å². The van der Waals surface area contributed by atoms with Crippen molar-refractivity contribution in [2.45, 2.75) is 6.92 Å². The molecule has 2 aromatic rings. The molecule has 0 spiro atoms. The minimum atomic E-state index is -0.377. The first-order valence-corrected chi connectivity index (χ1v) is 7.05. The van der Waals surface area contributed by atoms with Gasteiger partial charge in [-0.3, -0.25) is 0 Å². The predicted octanol–water partition coefficient (Wildman–Crippen LogP) is 3.25. The number of rotatable bonds is 5. The molecule has 0 aromatic heterocycles. The van der Waals surface area contributed by atoms with E-state index in [2.05, 4.69) is 4.99 Å². The van der Waals surface area contributed by atoms with Crippen molar-refractivity contribution in [3.63, 3.8) is 0 Å². The van der Waals surface area contributed by atoms with Gasteiger partial charge in [-0.15, -0.1) is 0 Å². The Balaban J connectivity index is 2.67. The van der Waals surface area contributed by atoms with Crippen molar-refractivity contribution in [3.8, 4) is 5.75 Å². The highest BCUT2D eigenvalue weighted by molar-refractivity contribution is 6.06. The van der Waals surface area contributed by atoms with Crippen molar-refractivity contribution in [1.82, 2.24) is 4.90 Å². The number of aliphatic imine (C=N–C) groups is 1. The molecule has 0 aliphatic heterocycles. The molecule has 0 heterocycles. The second kappa shape index (κ2) is 6.93. The topological polar surface area (TPSA) is 51.1 Å². The molecule has 116 valence electrons. The van der Waals surface area contributed by atoms with E-state index in [9.17, 15) is 4.79 Å². The quantitative estimate of drug-likeness (QED) is 0.483. The van der Waals surface area contributed by atoms with Crippen LogP contribution in [0.4, 0.5) is 5.69 Å². The summed E-state index contributed by atoms with van der Waals surface area (Å²) in [6.45, 7) is 2.11. The van der Waals surface area contributed by atoms with Crippen molar-refractivity contribution in [1.29, 1.82) is 0 Å². The van der Waals surface area contributed by atoms with Crippen LogP contribution in [0.25, 0.3) is 10.8 Å². The van der Waals surface area contributed by atoms with Crippen LogP contribution < -0.4 is 4.74 Å². The van der Waals surface area contributed by atoms with Gasteiger partial charge in [0.2, 0.25) is 0 Å². The van der Waals surface area contributed by atoms with Gasteiger partial charge in [0.05, 0.1) is 31.3 Å². The highest BCUT2D eigenvalue weighted by Gasteiger charge is 2.15. The molecule has 0 atom stereocenters. The van der Waals surface area contributed by atoms with Crippen LogP contribution in [-0.2, 0) is 4.74 Å². The third-order valence-electron chi connectivity index (χ3n) is 3.11. The second-order valence-corrected chi connectivity index (χ2v) is 4.98. The van der Waals surface area contributed by atoms with Crippen LogP contribution in [0.3, 0.4) is 0 Å². The van der Waals surface area contributed by atoms with Crippen molar-refractivity contribution >= 4 is 28.8 Å². The van der Waals surface area contributed by atoms with Crippen molar-refractivity contribution in [2.24, 2.45) is 4.99 Å². The van der Waals surface area contributed by atoms with E-state index < -0.39 is 0 Å². The van der Waals surface area contributed by atoms with E-state index in [-0.39, 0.29) is 5.97 Å². The molecule has 2 aromatic carbocycles. The van der Waals surface area contributed by atoms with Crippen molar-refractivity contribution in [2.75, 3.05) is 27.8 Å². The van der Waals surface area contributed by atoms with Gasteiger partial charge < -0.3 is 14.4 Å². The van der Waals surface area contributed by atoms with Crippen LogP contribution in [0.2, 0.25) is 0 Å². The fourth-order valence-corrected chi connectivity index (χ4v) is 2.10. The van der Waals surface area contributed by atoms with E-state index in [4.69, 9.17) is 9.47 Å². The Morgan fingerprint density at radius 1 is 1.27 bits per heavy atom. The van der Waals surface area contributed by atoms with Crippen LogP contribution in [0.5, 0.6) is 5.75 Å². The maximum atomic E-state index is 12.2. The molecule has 0 radical (unpaired) electrons. The van der Waals surface area contributed by atoms with Crippen LogP contribution >= 0.6 is 0 Å². The summed E-state index contributed by atoms with van der Waals surface area (Å²) < 4.78 is 10.4. The van der Waals surface area contributed by atoms with Crippen LogP contribution in [-0.4, -0.2) is 45.0 Å². The lowest BCUT2D eigenvalue weighted by atomic mass is 10.0. The summed E-state index contributed by atoms with van der Waals surface area (Å²) in [5, 5.41) is 1.84. The van der Waals surface area contributed by atoms with E-state index in [1.54, 1.807) is 26.4 Å².